The van der Waals surface area contributed by atoms with Crippen molar-refractivity contribution in [1.82, 2.24) is 4.31 Å². The number of fused-ring (bicyclic) bond motifs is 1. The van der Waals surface area contributed by atoms with E-state index < -0.39 is 28.5 Å². The normalized spacial score (nSPS) is 16.8. The van der Waals surface area contributed by atoms with Gasteiger partial charge >= 0.3 is 5.97 Å². The van der Waals surface area contributed by atoms with Crippen LogP contribution in [-0.2, 0) is 37.1 Å². The molecule has 1 aliphatic heterocycles. The maximum atomic E-state index is 12.6. The molecule has 1 N–H and O–H groups in total. The van der Waals surface area contributed by atoms with E-state index in [0.717, 1.165) is 19.3 Å². The Hall–Kier alpha value is -2.27. The number of amides is 1. The molecular weight excluding hydrogens is 428 g/mol. The van der Waals surface area contributed by atoms with Gasteiger partial charge in [0, 0.05) is 23.7 Å². The van der Waals surface area contributed by atoms with Crippen LogP contribution in [0.5, 0.6) is 0 Å². The van der Waals surface area contributed by atoms with E-state index in [1.807, 2.05) is 6.07 Å². The zero-order valence-electron chi connectivity index (χ0n) is 16.3. The Kier molecular flexibility index (Phi) is 6.19. The molecule has 0 saturated carbocycles. The summed E-state index contributed by atoms with van der Waals surface area (Å²) in [6.45, 7) is 0.981. The maximum absolute atomic E-state index is 12.6. The molecule has 1 fully saturated rings. The molecule has 0 spiro atoms. The monoisotopic (exact) mass is 450 g/mol. The van der Waals surface area contributed by atoms with E-state index in [0.29, 0.717) is 36.9 Å². The summed E-state index contributed by atoms with van der Waals surface area (Å²) < 4.78 is 36.9. The van der Waals surface area contributed by atoms with Crippen LogP contribution in [0.25, 0.3) is 0 Å². The molecule has 8 nitrogen and oxygen atoms in total. The van der Waals surface area contributed by atoms with Gasteiger partial charge in [-0.2, -0.15) is 4.31 Å². The van der Waals surface area contributed by atoms with Crippen LogP contribution in [0.2, 0.25) is 0 Å². The first-order valence-corrected chi connectivity index (χ1v) is 12.0. The van der Waals surface area contributed by atoms with Crippen LogP contribution in [0.1, 0.15) is 26.5 Å². The Morgan fingerprint density at radius 2 is 1.87 bits per heavy atom. The van der Waals surface area contributed by atoms with Crippen molar-refractivity contribution in [2.75, 3.05) is 38.2 Å². The van der Waals surface area contributed by atoms with Crippen LogP contribution < -0.4 is 5.32 Å². The third-order valence-electron chi connectivity index (χ3n) is 5.03. The molecule has 1 aliphatic carbocycles. The molecule has 0 radical (unpaired) electrons. The van der Waals surface area contributed by atoms with Crippen LogP contribution in [0.15, 0.2) is 35.2 Å². The van der Waals surface area contributed by atoms with E-state index in [1.165, 1.54) is 50.3 Å². The van der Waals surface area contributed by atoms with Gasteiger partial charge in [0.25, 0.3) is 5.91 Å². The number of ether oxygens (including phenoxy) is 2. The molecule has 0 unspecified atom stereocenters. The Bertz CT molecular complexity index is 1020. The fraction of sp³-hybridized carbons (Fsp3) is 0.400. The average Bonchev–Trinajstić information content (AvgIpc) is 3.35. The number of anilines is 1. The highest BCUT2D eigenvalue weighted by Gasteiger charge is 2.26. The predicted molar refractivity (Wildman–Crippen MR) is 111 cm³/mol. The number of sulfonamides is 1. The number of thiophene rings is 1. The molecule has 30 heavy (non-hydrogen) atoms. The first kappa shape index (κ1) is 21.0. The quantitative estimate of drug-likeness (QED) is 0.676. The number of benzene rings is 1. The highest BCUT2D eigenvalue weighted by molar-refractivity contribution is 7.89. The highest BCUT2D eigenvalue weighted by Crippen LogP contribution is 2.30. The number of carbonyl (C=O) groups excluding carboxylic acids is 2. The van der Waals surface area contributed by atoms with E-state index in [1.54, 1.807) is 0 Å². The average molecular weight is 451 g/mol. The van der Waals surface area contributed by atoms with Gasteiger partial charge in [0.2, 0.25) is 10.0 Å². The second kappa shape index (κ2) is 8.84. The van der Waals surface area contributed by atoms with Crippen molar-refractivity contribution in [3.63, 3.8) is 0 Å². The van der Waals surface area contributed by atoms with Gasteiger partial charge in [0.05, 0.1) is 18.1 Å². The molecule has 0 atom stereocenters. The third kappa shape index (κ3) is 4.56. The van der Waals surface area contributed by atoms with Crippen LogP contribution in [-0.4, -0.2) is 57.5 Å². The van der Waals surface area contributed by atoms with Gasteiger partial charge in [-0.3, -0.25) is 4.79 Å². The molecule has 1 aromatic heterocycles. The highest BCUT2D eigenvalue weighted by atomic mass is 32.2. The van der Waals surface area contributed by atoms with Crippen molar-refractivity contribution < 1.29 is 27.5 Å². The van der Waals surface area contributed by atoms with Gasteiger partial charge in [0.15, 0.2) is 6.61 Å². The van der Waals surface area contributed by atoms with Gasteiger partial charge in [-0.1, -0.05) is 0 Å². The lowest BCUT2D eigenvalue weighted by atomic mass is 10.2. The van der Waals surface area contributed by atoms with E-state index in [2.05, 4.69) is 5.32 Å². The summed E-state index contributed by atoms with van der Waals surface area (Å²) in [6.07, 6.45) is 3.09. The van der Waals surface area contributed by atoms with E-state index >= 15 is 0 Å². The van der Waals surface area contributed by atoms with Gasteiger partial charge in [-0.15, -0.1) is 11.3 Å². The largest absolute Gasteiger partial charge is 0.451 e. The maximum Gasteiger partial charge on any atom is 0.348 e. The van der Waals surface area contributed by atoms with Crippen molar-refractivity contribution in [2.24, 2.45) is 0 Å². The number of aryl methyl sites for hydroxylation is 2. The van der Waals surface area contributed by atoms with Crippen LogP contribution >= 0.6 is 11.3 Å². The summed E-state index contributed by atoms with van der Waals surface area (Å²) in [5.41, 5.74) is 1.62. The van der Waals surface area contributed by atoms with Crippen molar-refractivity contribution in [1.29, 1.82) is 0 Å². The third-order valence-corrected chi connectivity index (χ3v) is 8.16. The molecule has 1 aromatic carbocycles. The first-order valence-electron chi connectivity index (χ1n) is 9.70. The Labute approximate surface area is 178 Å². The summed E-state index contributed by atoms with van der Waals surface area (Å²) in [6, 6.07) is 7.76. The molecule has 4 rings (SSSR count). The SMILES string of the molecule is O=C(COC(=O)c1cc2c(s1)CCC2)Nc1ccc(S(=O)(=O)N2CCOCC2)cc1. The van der Waals surface area contributed by atoms with Crippen LogP contribution in [0.4, 0.5) is 5.69 Å². The number of hydrogen-bond donors (Lipinski definition) is 1. The smallest absolute Gasteiger partial charge is 0.348 e. The summed E-state index contributed by atoms with van der Waals surface area (Å²) in [4.78, 5) is 26.1. The number of nitrogens with one attached hydrogen (secondary N) is 1. The minimum atomic E-state index is -3.59. The summed E-state index contributed by atoms with van der Waals surface area (Å²) >= 11 is 1.43. The second-order valence-corrected chi connectivity index (χ2v) is 10.2. The lowest BCUT2D eigenvalue weighted by Crippen LogP contribution is -2.40. The standard InChI is InChI=1S/C20H22N2O6S2/c23-19(13-28-20(24)18-12-14-2-1-3-17(14)29-18)21-15-4-6-16(7-5-15)30(25,26)22-8-10-27-11-9-22/h4-7,12H,1-3,8-11,13H2,(H,21,23). The Morgan fingerprint density at radius 3 is 2.57 bits per heavy atom. The second-order valence-electron chi connectivity index (χ2n) is 7.08. The van der Waals surface area contributed by atoms with Crippen LogP contribution in [0, 0.1) is 0 Å². The molecule has 0 bridgehead atoms. The van der Waals surface area contributed by atoms with Crippen molar-refractivity contribution in [3.05, 3.63) is 45.6 Å². The van der Waals surface area contributed by atoms with E-state index in [-0.39, 0.29) is 4.90 Å². The summed E-state index contributed by atoms with van der Waals surface area (Å²) in [7, 11) is -3.59. The van der Waals surface area contributed by atoms with Gasteiger partial charge in [-0.05, 0) is 55.2 Å². The number of nitrogens with zero attached hydrogens (tertiary/aromatic N) is 1. The lowest BCUT2D eigenvalue weighted by molar-refractivity contribution is -0.119. The molecule has 10 heteroatoms. The summed E-state index contributed by atoms with van der Waals surface area (Å²) in [5, 5.41) is 2.60. The minimum Gasteiger partial charge on any atom is -0.451 e. The zero-order chi connectivity index (χ0) is 21.1. The Balaban J connectivity index is 1.30. The van der Waals surface area contributed by atoms with E-state index in [4.69, 9.17) is 9.47 Å². The first-order chi connectivity index (χ1) is 14.4. The molecule has 1 saturated heterocycles. The number of hydrogen-bond acceptors (Lipinski definition) is 7. The van der Waals surface area contributed by atoms with Gasteiger partial charge in [-0.25, -0.2) is 13.2 Å². The minimum absolute atomic E-state index is 0.152. The van der Waals surface area contributed by atoms with Gasteiger partial charge in [0.1, 0.15) is 4.88 Å². The zero-order valence-corrected chi connectivity index (χ0v) is 17.9. The van der Waals surface area contributed by atoms with Crippen LogP contribution in [0.3, 0.4) is 0 Å². The molecule has 2 aliphatic rings. The topological polar surface area (TPSA) is 102 Å². The summed E-state index contributed by atoms with van der Waals surface area (Å²) in [5.74, 6) is -0.993. The fourth-order valence-corrected chi connectivity index (χ4v) is 6.03. The van der Waals surface area contributed by atoms with E-state index in [9.17, 15) is 18.0 Å². The predicted octanol–water partition coefficient (Wildman–Crippen LogP) is 2.05. The van der Waals surface area contributed by atoms with Crippen molar-refractivity contribution >= 4 is 38.9 Å². The molecule has 160 valence electrons. The van der Waals surface area contributed by atoms with Crippen molar-refractivity contribution in [2.45, 2.75) is 24.2 Å². The number of rotatable bonds is 6. The Morgan fingerprint density at radius 1 is 1.13 bits per heavy atom. The van der Waals surface area contributed by atoms with Gasteiger partial charge < -0.3 is 14.8 Å². The molecule has 2 aromatic rings. The molecule has 2 heterocycles. The molecule has 1 amide bonds. The fourth-order valence-electron chi connectivity index (χ4n) is 3.48. The molecular formula is C20H22N2O6S2. The lowest BCUT2D eigenvalue weighted by Gasteiger charge is -2.26. The number of morpholine rings is 1. The number of esters is 1. The number of carbonyl (C=O) groups is 2. The van der Waals surface area contributed by atoms with Crippen molar-refractivity contribution in [3.8, 4) is 0 Å².